The van der Waals surface area contributed by atoms with Crippen molar-refractivity contribution in [2.45, 2.75) is 31.3 Å². The predicted octanol–water partition coefficient (Wildman–Crippen LogP) is 0.824. The smallest absolute Gasteiger partial charge is 0.324 e. The van der Waals surface area contributed by atoms with Crippen LogP contribution in [0.5, 0.6) is 0 Å². The Morgan fingerprint density at radius 1 is 1.76 bits per heavy atom. The highest BCUT2D eigenvalue weighted by atomic mass is 16.4. The van der Waals surface area contributed by atoms with Gasteiger partial charge in [-0.3, -0.25) is 4.79 Å². The number of nitrogens with one attached hydrogen (secondary N) is 1. The van der Waals surface area contributed by atoms with Crippen molar-refractivity contribution < 1.29 is 9.90 Å². The van der Waals surface area contributed by atoms with E-state index in [1.165, 1.54) is 0 Å². The molecule has 1 saturated heterocycles. The van der Waals surface area contributed by atoms with Gasteiger partial charge >= 0.3 is 5.97 Å². The zero-order valence-corrected chi connectivity index (χ0v) is 10.3. The Labute approximate surface area is 100 Å². The van der Waals surface area contributed by atoms with E-state index < -0.39 is 11.5 Å². The molecule has 0 aromatic rings. The summed E-state index contributed by atoms with van der Waals surface area (Å²) in [6, 6.07) is 0.229. The first-order chi connectivity index (χ1) is 8.02. The first-order valence-corrected chi connectivity index (χ1v) is 5.71. The van der Waals surface area contributed by atoms with Crippen molar-refractivity contribution in [2.24, 2.45) is 5.11 Å². The molecule has 1 heterocycles. The molecule has 2 N–H and O–H groups in total. The third kappa shape index (κ3) is 3.33. The molecule has 1 fully saturated rings. The van der Waals surface area contributed by atoms with Gasteiger partial charge in [0.25, 0.3) is 0 Å². The summed E-state index contributed by atoms with van der Waals surface area (Å²) in [6.45, 7) is 3.44. The molecule has 0 amide bonds. The molecule has 2 unspecified atom stereocenters. The van der Waals surface area contributed by atoms with Crippen LogP contribution in [0.25, 0.3) is 10.4 Å². The molecular weight excluding hydrogens is 222 g/mol. The fourth-order valence-corrected chi connectivity index (χ4v) is 2.17. The molecule has 7 heteroatoms. The van der Waals surface area contributed by atoms with E-state index in [2.05, 4.69) is 20.2 Å². The van der Waals surface area contributed by atoms with Gasteiger partial charge in [-0.1, -0.05) is 5.11 Å². The normalized spacial score (nSPS) is 29.6. The van der Waals surface area contributed by atoms with Crippen molar-refractivity contribution in [1.29, 1.82) is 0 Å². The first-order valence-electron chi connectivity index (χ1n) is 5.71. The monoisotopic (exact) mass is 241 g/mol. The number of carboxylic acids is 1. The number of nitrogens with zero attached hydrogens (tertiary/aromatic N) is 4. The lowest BCUT2D eigenvalue weighted by Gasteiger charge is -2.42. The number of carboxylic acid groups (broad SMARTS) is 1. The van der Waals surface area contributed by atoms with Crippen LogP contribution in [0.1, 0.15) is 19.8 Å². The number of carbonyl (C=O) groups is 1. The minimum atomic E-state index is -0.878. The van der Waals surface area contributed by atoms with Gasteiger partial charge in [-0.2, -0.15) is 0 Å². The molecular formula is C10H19N5O2. The third-order valence-electron chi connectivity index (χ3n) is 3.44. The Morgan fingerprint density at radius 3 is 3.00 bits per heavy atom. The van der Waals surface area contributed by atoms with Gasteiger partial charge in [-0.15, -0.1) is 0 Å². The summed E-state index contributed by atoms with van der Waals surface area (Å²) in [4.78, 5) is 16.2. The summed E-state index contributed by atoms with van der Waals surface area (Å²) in [5.41, 5.74) is 7.28. The van der Waals surface area contributed by atoms with Crippen LogP contribution in [0.15, 0.2) is 5.11 Å². The molecule has 0 radical (unpaired) electrons. The minimum Gasteiger partial charge on any atom is -0.480 e. The van der Waals surface area contributed by atoms with Crippen molar-refractivity contribution in [3.05, 3.63) is 10.4 Å². The molecule has 0 spiro atoms. The number of hydrogen-bond acceptors (Lipinski definition) is 4. The molecule has 0 aromatic heterocycles. The number of azide groups is 1. The highest BCUT2D eigenvalue weighted by Crippen LogP contribution is 2.26. The number of likely N-dealkylation sites (tertiary alicyclic amines) is 1. The van der Waals surface area contributed by atoms with Crippen molar-refractivity contribution in [3.8, 4) is 0 Å². The van der Waals surface area contributed by atoms with Crippen molar-refractivity contribution >= 4 is 5.97 Å². The number of aliphatic carboxylic acids is 1. The largest absolute Gasteiger partial charge is 0.480 e. The molecule has 17 heavy (non-hydrogen) atoms. The Hall–Kier alpha value is -1.30. The molecule has 1 aliphatic heterocycles. The van der Waals surface area contributed by atoms with Gasteiger partial charge < -0.3 is 15.3 Å². The van der Waals surface area contributed by atoms with Crippen LogP contribution in [-0.2, 0) is 4.79 Å². The highest BCUT2D eigenvalue weighted by Gasteiger charge is 2.42. The van der Waals surface area contributed by atoms with Crippen LogP contribution >= 0.6 is 0 Å². The topological polar surface area (TPSA) is 101 Å². The standard InChI is InChI=1S/C10H19N5O2/c1-8-7-10(9(16)17,3-6-15(8)2)12-4-5-13-14-11/h8,12H,3-7H2,1-2H3,(H,16,17). The van der Waals surface area contributed by atoms with Crippen LogP contribution in [0.2, 0.25) is 0 Å². The molecule has 0 aromatic carbocycles. The lowest BCUT2D eigenvalue weighted by atomic mass is 9.84. The second-order valence-electron chi connectivity index (χ2n) is 4.55. The second-order valence-corrected chi connectivity index (χ2v) is 4.55. The summed E-state index contributed by atoms with van der Waals surface area (Å²) in [5, 5.41) is 15.8. The van der Waals surface area contributed by atoms with Crippen LogP contribution in [0.3, 0.4) is 0 Å². The van der Waals surface area contributed by atoms with Crippen molar-refractivity contribution in [1.82, 2.24) is 10.2 Å². The molecule has 0 bridgehead atoms. The SMILES string of the molecule is CC1CC(NCCN=[N+]=[N-])(C(=O)O)CCN1C. The number of piperidine rings is 1. The second kappa shape index (κ2) is 5.86. The fraction of sp³-hybridized carbons (Fsp3) is 0.900. The lowest BCUT2D eigenvalue weighted by Crippen LogP contribution is -2.60. The van der Waals surface area contributed by atoms with E-state index in [1.807, 2.05) is 14.0 Å². The molecule has 7 nitrogen and oxygen atoms in total. The average Bonchev–Trinajstić information content (AvgIpc) is 2.29. The van der Waals surface area contributed by atoms with E-state index >= 15 is 0 Å². The Morgan fingerprint density at radius 2 is 2.47 bits per heavy atom. The zero-order chi connectivity index (χ0) is 12.9. The van der Waals surface area contributed by atoms with Gasteiger partial charge in [0.05, 0.1) is 0 Å². The number of rotatable bonds is 5. The van der Waals surface area contributed by atoms with Gasteiger partial charge in [-0.25, -0.2) is 0 Å². The molecule has 0 saturated carbocycles. The van der Waals surface area contributed by atoms with Crippen molar-refractivity contribution in [2.75, 3.05) is 26.7 Å². The maximum absolute atomic E-state index is 11.4. The quantitative estimate of drug-likeness (QED) is 0.322. The van der Waals surface area contributed by atoms with Crippen LogP contribution in [0, 0.1) is 0 Å². The molecule has 1 aliphatic rings. The zero-order valence-electron chi connectivity index (χ0n) is 10.3. The summed E-state index contributed by atoms with van der Waals surface area (Å²) < 4.78 is 0. The predicted molar refractivity (Wildman–Crippen MR) is 63.7 cm³/mol. The Kier molecular flexibility index (Phi) is 4.74. The summed E-state index contributed by atoms with van der Waals surface area (Å²) in [5.74, 6) is -0.821. The lowest BCUT2D eigenvalue weighted by molar-refractivity contribution is -0.147. The van der Waals surface area contributed by atoms with E-state index in [-0.39, 0.29) is 12.6 Å². The van der Waals surface area contributed by atoms with Gasteiger partial charge in [0.1, 0.15) is 5.54 Å². The Balaban J connectivity index is 2.63. The van der Waals surface area contributed by atoms with Crippen molar-refractivity contribution in [3.63, 3.8) is 0 Å². The van der Waals surface area contributed by atoms with Gasteiger partial charge in [-0.05, 0) is 32.3 Å². The molecule has 1 rings (SSSR count). The molecule has 96 valence electrons. The first kappa shape index (κ1) is 13.8. The minimum absolute atomic E-state index is 0.229. The average molecular weight is 241 g/mol. The molecule has 0 aliphatic carbocycles. The summed E-state index contributed by atoms with van der Waals surface area (Å²) >= 11 is 0. The van der Waals surface area contributed by atoms with Crippen LogP contribution in [0.4, 0.5) is 0 Å². The van der Waals surface area contributed by atoms with Gasteiger partial charge in [0.15, 0.2) is 0 Å². The van der Waals surface area contributed by atoms with E-state index in [0.29, 0.717) is 19.4 Å². The van der Waals surface area contributed by atoms with E-state index in [4.69, 9.17) is 5.53 Å². The van der Waals surface area contributed by atoms with E-state index in [1.54, 1.807) is 0 Å². The highest BCUT2D eigenvalue weighted by molar-refractivity contribution is 5.79. The number of hydrogen-bond donors (Lipinski definition) is 2. The molecule has 2 atom stereocenters. The Bertz CT molecular complexity index is 329. The van der Waals surface area contributed by atoms with E-state index in [0.717, 1.165) is 6.54 Å². The maximum Gasteiger partial charge on any atom is 0.324 e. The van der Waals surface area contributed by atoms with Gasteiger partial charge in [0, 0.05) is 30.6 Å². The maximum atomic E-state index is 11.4. The van der Waals surface area contributed by atoms with Gasteiger partial charge in [0.2, 0.25) is 0 Å². The summed E-state index contributed by atoms with van der Waals surface area (Å²) in [6.07, 6.45) is 1.13. The fourth-order valence-electron chi connectivity index (χ4n) is 2.17. The van der Waals surface area contributed by atoms with Crippen LogP contribution < -0.4 is 5.32 Å². The summed E-state index contributed by atoms with van der Waals surface area (Å²) in [7, 11) is 2.00. The van der Waals surface area contributed by atoms with Crippen LogP contribution in [-0.4, -0.2) is 54.2 Å². The third-order valence-corrected chi connectivity index (χ3v) is 3.44. The van der Waals surface area contributed by atoms with E-state index in [9.17, 15) is 9.90 Å².